The fraction of sp³-hybridized carbons (Fsp3) is 0.667. The van der Waals surface area contributed by atoms with Gasteiger partial charge in [0, 0.05) is 25.0 Å². The van der Waals surface area contributed by atoms with E-state index in [0.717, 1.165) is 36.8 Å². The molecule has 72 valence electrons. The highest BCUT2D eigenvalue weighted by molar-refractivity contribution is 7.09. The lowest BCUT2D eigenvalue weighted by Gasteiger charge is -2.02. The van der Waals surface area contributed by atoms with Gasteiger partial charge in [0.15, 0.2) is 0 Å². The second kappa shape index (κ2) is 4.17. The first-order valence-corrected chi connectivity index (χ1v) is 5.38. The Balaban J connectivity index is 1.92. The van der Waals surface area contributed by atoms with Gasteiger partial charge in [0.05, 0.1) is 17.3 Å². The van der Waals surface area contributed by atoms with Crippen LogP contribution in [0.3, 0.4) is 0 Å². The minimum Gasteiger partial charge on any atom is -0.390 e. The summed E-state index contributed by atoms with van der Waals surface area (Å²) in [5.41, 5.74) is 0.791. The molecule has 0 radical (unpaired) electrons. The molecule has 0 aliphatic carbocycles. The lowest BCUT2D eigenvalue weighted by molar-refractivity contribution is 0.186. The fourth-order valence-corrected chi connectivity index (χ4v) is 2.41. The van der Waals surface area contributed by atoms with E-state index < -0.39 is 0 Å². The van der Waals surface area contributed by atoms with Gasteiger partial charge in [-0.15, -0.1) is 11.3 Å². The van der Waals surface area contributed by atoms with Crippen molar-refractivity contribution in [3.05, 3.63) is 16.1 Å². The largest absolute Gasteiger partial charge is 0.390 e. The second-order valence-electron chi connectivity index (χ2n) is 3.32. The Morgan fingerprint density at radius 2 is 2.62 bits per heavy atom. The Morgan fingerprint density at radius 3 is 3.23 bits per heavy atom. The Labute approximate surface area is 81.4 Å². The van der Waals surface area contributed by atoms with Gasteiger partial charge in [-0.05, 0) is 12.3 Å². The van der Waals surface area contributed by atoms with E-state index in [1.54, 1.807) is 11.3 Å². The van der Waals surface area contributed by atoms with Crippen LogP contribution in [0.4, 0.5) is 0 Å². The van der Waals surface area contributed by atoms with E-state index in [2.05, 4.69) is 4.98 Å². The topological polar surface area (TPSA) is 42.4 Å². The van der Waals surface area contributed by atoms with E-state index in [1.807, 2.05) is 5.38 Å². The molecule has 13 heavy (non-hydrogen) atoms. The van der Waals surface area contributed by atoms with Crippen LogP contribution in [0.25, 0.3) is 0 Å². The smallest absolute Gasteiger partial charge is 0.0932 e. The molecular weight excluding hydrogens is 186 g/mol. The highest BCUT2D eigenvalue weighted by Crippen LogP contribution is 2.20. The van der Waals surface area contributed by atoms with Gasteiger partial charge < -0.3 is 9.84 Å². The number of hydrogen-bond donors (Lipinski definition) is 1. The standard InChI is InChI=1S/C9H13NO2S/c11-4-8-6-13-9(10-8)3-7-1-2-12-5-7/h6-7,11H,1-5H2. The molecule has 0 spiro atoms. The Morgan fingerprint density at radius 1 is 1.69 bits per heavy atom. The van der Waals surface area contributed by atoms with Crippen molar-refractivity contribution in [2.75, 3.05) is 13.2 Å². The van der Waals surface area contributed by atoms with Crippen LogP contribution in [-0.4, -0.2) is 23.3 Å². The number of aromatic nitrogens is 1. The van der Waals surface area contributed by atoms with Gasteiger partial charge in [0.1, 0.15) is 0 Å². The van der Waals surface area contributed by atoms with Crippen LogP contribution in [-0.2, 0) is 17.8 Å². The first kappa shape index (κ1) is 9.12. The van der Waals surface area contributed by atoms with Crippen molar-refractivity contribution in [1.82, 2.24) is 4.98 Å². The second-order valence-corrected chi connectivity index (χ2v) is 4.27. The Kier molecular flexibility index (Phi) is 2.93. The predicted octanol–water partition coefficient (Wildman–Crippen LogP) is 1.21. The van der Waals surface area contributed by atoms with E-state index in [4.69, 9.17) is 9.84 Å². The maximum Gasteiger partial charge on any atom is 0.0932 e. The summed E-state index contributed by atoms with van der Waals surface area (Å²) in [5, 5.41) is 11.9. The molecule has 0 amide bonds. The molecule has 3 nitrogen and oxygen atoms in total. The van der Waals surface area contributed by atoms with Crippen LogP contribution in [0.2, 0.25) is 0 Å². The molecule has 4 heteroatoms. The molecule has 1 unspecified atom stereocenters. The number of aliphatic hydroxyl groups is 1. The summed E-state index contributed by atoms with van der Waals surface area (Å²) in [4.78, 5) is 4.31. The molecule has 0 bridgehead atoms. The lowest BCUT2D eigenvalue weighted by atomic mass is 10.1. The highest BCUT2D eigenvalue weighted by Gasteiger charge is 2.17. The highest BCUT2D eigenvalue weighted by atomic mass is 32.1. The van der Waals surface area contributed by atoms with Crippen molar-refractivity contribution in [3.8, 4) is 0 Å². The number of nitrogens with zero attached hydrogens (tertiary/aromatic N) is 1. The molecule has 2 heterocycles. The van der Waals surface area contributed by atoms with Crippen molar-refractivity contribution < 1.29 is 9.84 Å². The van der Waals surface area contributed by atoms with E-state index in [-0.39, 0.29) is 6.61 Å². The van der Waals surface area contributed by atoms with Crippen LogP contribution in [0.5, 0.6) is 0 Å². The summed E-state index contributed by atoms with van der Waals surface area (Å²) in [5.74, 6) is 0.637. The third-order valence-corrected chi connectivity index (χ3v) is 3.17. The van der Waals surface area contributed by atoms with Crippen molar-refractivity contribution in [2.24, 2.45) is 5.92 Å². The zero-order chi connectivity index (χ0) is 9.10. The molecule has 1 saturated heterocycles. The van der Waals surface area contributed by atoms with Crippen molar-refractivity contribution >= 4 is 11.3 Å². The molecule has 0 saturated carbocycles. The number of hydrogen-bond acceptors (Lipinski definition) is 4. The van der Waals surface area contributed by atoms with Crippen molar-refractivity contribution in [1.29, 1.82) is 0 Å². The minimum atomic E-state index is 0.0532. The van der Waals surface area contributed by atoms with Crippen LogP contribution >= 0.6 is 11.3 Å². The predicted molar refractivity (Wildman–Crippen MR) is 50.7 cm³/mol. The maximum absolute atomic E-state index is 8.83. The Bertz CT molecular complexity index is 268. The number of thiazole rings is 1. The van der Waals surface area contributed by atoms with Gasteiger partial charge in [-0.2, -0.15) is 0 Å². The summed E-state index contributed by atoms with van der Waals surface area (Å²) in [6, 6.07) is 0. The average Bonchev–Trinajstić information content (AvgIpc) is 2.76. The van der Waals surface area contributed by atoms with Gasteiger partial charge in [0.2, 0.25) is 0 Å². The summed E-state index contributed by atoms with van der Waals surface area (Å²) >= 11 is 1.63. The van der Waals surface area contributed by atoms with Crippen molar-refractivity contribution in [3.63, 3.8) is 0 Å². The summed E-state index contributed by atoms with van der Waals surface area (Å²) in [7, 11) is 0. The third kappa shape index (κ3) is 2.27. The first-order valence-electron chi connectivity index (χ1n) is 4.50. The molecule has 0 aromatic carbocycles. The average molecular weight is 199 g/mol. The third-order valence-electron chi connectivity index (χ3n) is 2.25. The zero-order valence-corrected chi connectivity index (χ0v) is 8.22. The molecule has 1 aliphatic rings. The quantitative estimate of drug-likeness (QED) is 0.795. The van der Waals surface area contributed by atoms with E-state index in [0.29, 0.717) is 5.92 Å². The number of rotatable bonds is 3. The molecule has 1 aromatic rings. The molecule has 1 fully saturated rings. The monoisotopic (exact) mass is 199 g/mol. The van der Waals surface area contributed by atoms with Crippen LogP contribution in [0.15, 0.2) is 5.38 Å². The van der Waals surface area contributed by atoms with Crippen molar-refractivity contribution in [2.45, 2.75) is 19.4 Å². The SMILES string of the molecule is OCc1csc(CC2CCOC2)n1. The molecule has 2 rings (SSSR count). The maximum atomic E-state index is 8.83. The van der Waals surface area contributed by atoms with Crippen LogP contribution < -0.4 is 0 Å². The number of aliphatic hydroxyl groups excluding tert-OH is 1. The van der Waals surface area contributed by atoms with Gasteiger partial charge >= 0.3 is 0 Å². The van der Waals surface area contributed by atoms with Crippen LogP contribution in [0, 0.1) is 5.92 Å². The van der Waals surface area contributed by atoms with E-state index in [9.17, 15) is 0 Å². The van der Waals surface area contributed by atoms with E-state index in [1.165, 1.54) is 0 Å². The molecule has 1 atom stereocenters. The molecule has 1 aliphatic heterocycles. The van der Waals surface area contributed by atoms with E-state index >= 15 is 0 Å². The van der Waals surface area contributed by atoms with Gasteiger partial charge in [-0.25, -0.2) is 4.98 Å². The van der Waals surface area contributed by atoms with Gasteiger partial charge in [0.25, 0.3) is 0 Å². The lowest BCUT2D eigenvalue weighted by Crippen LogP contribution is -2.03. The summed E-state index contributed by atoms with van der Waals surface area (Å²) in [6.45, 7) is 1.81. The molecule has 1 N–H and O–H groups in total. The first-order chi connectivity index (χ1) is 6.38. The molecule has 1 aromatic heterocycles. The fourth-order valence-electron chi connectivity index (χ4n) is 1.51. The van der Waals surface area contributed by atoms with Gasteiger partial charge in [-0.1, -0.05) is 0 Å². The zero-order valence-electron chi connectivity index (χ0n) is 7.40. The Hall–Kier alpha value is -0.450. The summed E-state index contributed by atoms with van der Waals surface area (Å²) < 4.78 is 5.29. The van der Waals surface area contributed by atoms with Crippen LogP contribution in [0.1, 0.15) is 17.1 Å². The molecular formula is C9H13NO2S. The normalized spacial score (nSPS) is 22.4. The minimum absolute atomic E-state index is 0.0532. The van der Waals surface area contributed by atoms with Gasteiger partial charge in [-0.3, -0.25) is 0 Å². The number of ether oxygens (including phenoxy) is 1. The summed E-state index contributed by atoms with van der Waals surface area (Å²) in [6.07, 6.45) is 2.15.